The molecular weight excluding hydrogens is 122 g/mol. The second-order valence-electron chi connectivity index (χ2n) is 3.87. The van der Waals surface area contributed by atoms with Crippen LogP contribution in [-0.4, -0.2) is 13.1 Å². The molecule has 0 aromatic rings. The molecule has 1 aliphatic rings. The summed E-state index contributed by atoms with van der Waals surface area (Å²) in [6.07, 6.45) is 2.80. The van der Waals surface area contributed by atoms with Crippen LogP contribution in [0.15, 0.2) is 12.2 Å². The molecule has 0 radical (unpaired) electrons. The van der Waals surface area contributed by atoms with Gasteiger partial charge in [-0.3, -0.25) is 0 Å². The lowest BCUT2D eigenvalue weighted by atomic mass is 10.1. The van der Waals surface area contributed by atoms with Crippen LogP contribution in [0.3, 0.4) is 0 Å². The van der Waals surface area contributed by atoms with Gasteiger partial charge in [0, 0.05) is 13.1 Å². The maximum atomic E-state index is 3.83. The van der Waals surface area contributed by atoms with Crippen LogP contribution in [0.1, 0.15) is 26.7 Å². The topological polar surface area (TPSA) is 12.0 Å². The second kappa shape index (κ2) is 2.75. The first-order valence-corrected chi connectivity index (χ1v) is 3.97. The van der Waals surface area contributed by atoms with Crippen molar-refractivity contribution in [1.82, 2.24) is 5.32 Å². The summed E-state index contributed by atoms with van der Waals surface area (Å²) < 4.78 is 0. The average molecular weight is 139 g/mol. The molecule has 0 spiro atoms. The minimum absolute atomic E-state index is 0.634. The quantitative estimate of drug-likeness (QED) is 0.587. The Labute approximate surface area is 63.5 Å². The number of rotatable bonds is 4. The molecule has 0 heterocycles. The second-order valence-corrected chi connectivity index (χ2v) is 3.87. The molecular formula is C9H17N. The first kappa shape index (κ1) is 7.80. The van der Waals surface area contributed by atoms with E-state index in [0.29, 0.717) is 5.41 Å². The maximum absolute atomic E-state index is 3.83. The summed E-state index contributed by atoms with van der Waals surface area (Å²) in [4.78, 5) is 0. The molecule has 1 heteroatoms. The van der Waals surface area contributed by atoms with Gasteiger partial charge in [-0.25, -0.2) is 0 Å². The van der Waals surface area contributed by atoms with Crippen molar-refractivity contribution in [3.05, 3.63) is 12.2 Å². The van der Waals surface area contributed by atoms with Crippen molar-refractivity contribution in [3.8, 4) is 0 Å². The fourth-order valence-electron chi connectivity index (χ4n) is 0.968. The van der Waals surface area contributed by atoms with Crippen molar-refractivity contribution in [3.63, 3.8) is 0 Å². The van der Waals surface area contributed by atoms with Gasteiger partial charge >= 0.3 is 0 Å². The summed E-state index contributed by atoms with van der Waals surface area (Å²) in [5.74, 6) is 0. The van der Waals surface area contributed by atoms with Crippen LogP contribution < -0.4 is 5.32 Å². The highest BCUT2D eigenvalue weighted by molar-refractivity contribution is 4.95. The van der Waals surface area contributed by atoms with Gasteiger partial charge in [0.25, 0.3) is 0 Å². The molecule has 1 aliphatic carbocycles. The first-order valence-electron chi connectivity index (χ1n) is 3.97. The van der Waals surface area contributed by atoms with Crippen molar-refractivity contribution in [2.45, 2.75) is 26.7 Å². The fourth-order valence-corrected chi connectivity index (χ4v) is 0.968. The van der Waals surface area contributed by atoms with Gasteiger partial charge < -0.3 is 5.32 Å². The molecule has 0 unspecified atom stereocenters. The lowest BCUT2D eigenvalue weighted by Crippen LogP contribution is -2.23. The Morgan fingerprint density at radius 1 is 1.60 bits per heavy atom. The molecule has 1 nitrogen and oxygen atoms in total. The number of hydrogen-bond donors (Lipinski definition) is 1. The van der Waals surface area contributed by atoms with Gasteiger partial charge in [0.1, 0.15) is 0 Å². The monoisotopic (exact) mass is 139 g/mol. The smallest absolute Gasteiger partial charge is 0.0159 e. The number of nitrogens with one attached hydrogen (secondary N) is 1. The Kier molecular flexibility index (Phi) is 2.14. The highest BCUT2D eigenvalue weighted by Gasteiger charge is 2.36. The van der Waals surface area contributed by atoms with Crippen LogP contribution in [-0.2, 0) is 0 Å². The van der Waals surface area contributed by atoms with Crippen LogP contribution in [0.4, 0.5) is 0 Å². The Bertz CT molecular complexity index is 134. The van der Waals surface area contributed by atoms with E-state index in [1.54, 1.807) is 0 Å². The summed E-state index contributed by atoms with van der Waals surface area (Å²) in [6.45, 7) is 10.4. The van der Waals surface area contributed by atoms with Crippen LogP contribution in [0, 0.1) is 5.41 Å². The molecule has 0 aliphatic heterocycles. The molecule has 1 saturated carbocycles. The van der Waals surface area contributed by atoms with Crippen molar-refractivity contribution >= 4 is 0 Å². The SMILES string of the molecule is C=C(C)CNCC1(C)CC1. The van der Waals surface area contributed by atoms with Gasteiger partial charge in [0.2, 0.25) is 0 Å². The first-order chi connectivity index (χ1) is 4.62. The highest BCUT2D eigenvalue weighted by atomic mass is 14.9. The van der Waals surface area contributed by atoms with Gasteiger partial charge in [0.15, 0.2) is 0 Å². The molecule has 0 atom stereocenters. The van der Waals surface area contributed by atoms with E-state index in [1.165, 1.54) is 25.0 Å². The molecule has 10 heavy (non-hydrogen) atoms. The third-order valence-corrected chi connectivity index (χ3v) is 2.08. The van der Waals surface area contributed by atoms with Gasteiger partial charge in [-0.1, -0.05) is 19.1 Å². The summed E-state index contributed by atoms with van der Waals surface area (Å²) in [5.41, 5.74) is 1.86. The lowest BCUT2D eigenvalue weighted by Gasteiger charge is -2.08. The Balaban J connectivity index is 2.00. The molecule has 1 fully saturated rings. The normalized spacial score (nSPS) is 20.6. The average Bonchev–Trinajstić information content (AvgIpc) is 2.47. The highest BCUT2D eigenvalue weighted by Crippen LogP contribution is 2.43. The third-order valence-electron chi connectivity index (χ3n) is 2.08. The van der Waals surface area contributed by atoms with Gasteiger partial charge in [-0.15, -0.1) is 0 Å². The minimum Gasteiger partial charge on any atom is -0.312 e. The summed E-state index contributed by atoms with van der Waals surface area (Å²) >= 11 is 0. The van der Waals surface area contributed by atoms with Gasteiger partial charge in [-0.05, 0) is 25.2 Å². The molecule has 0 saturated heterocycles. The zero-order valence-corrected chi connectivity index (χ0v) is 7.04. The molecule has 1 N–H and O–H groups in total. The van der Waals surface area contributed by atoms with Crippen LogP contribution in [0.2, 0.25) is 0 Å². The molecule has 1 rings (SSSR count). The summed E-state index contributed by atoms with van der Waals surface area (Å²) in [6, 6.07) is 0. The van der Waals surface area contributed by atoms with E-state index >= 15 is 0 Å². The predicted octanol–water partition coefficient (Wildman–Crippen LogP) is 1.95. The lowest BCUT2D eigenvalue weighted by molar-refractivity contribution is 0.514. The zero-order valence-electron chi connectivity index (χ0n) is 7.04. The molecule has 0 bridgehead atoms. The fraction of sp³-hybridized carbons (Fsp3) is 0.778. The van der Waals surface area contributed by atoms with E-state index in [2.05, 4.69) is 25.7 Å². The van der Waals surface area contributed by atoms with Crippen LogP contribution >= 0.6 is 0 Å². The van der Waals surface area contributed by atoms with Crippen molar-refractivity contribution in [1.29, 1.82) is 0 Å². The standard InChI is InChI=1S/C9H17N/c1-8(2)6-10-7-9(3)4-5-9/h10H,1,4-7H2,2-3H3. The van der Waals surface area contributed by atoms with E-state index in [-0.39, 0.29) is 0 Å². The minimum atomic E-state index is 0.634. The Hall–Kier alpha value is -0.300. The Morgan fingerprint density at radius 3 is 2.60 bits per heavy atom. The van der Waals surface area contributed by atoms with Crippen molar-refractivity contribution < 1.29 is 0 Å². The van der Waals surface area contributed by atoms with Crippen LogP contribution in [0.5, 0.6) is 0 Å². The maximum Gasteiger partial charge on any atom is 0.0159 e. The van der Waals surface area contributed by atoms with E-state index in [4.69, 9.17) is 0 Å². The molecule has 0 aromatic carbocycles. The van der Waals surface area contributed by atoms with Crippen molar-refractivity contribution in [2.24, 2.45) is 5.41 Å². The third kappa shape index (κ3) is 2.53. The van der Waals surface area contributed by atoms with E-state index in [0.717, 1.165) is 6.54 Å². The van der Waals surface area contributed by atoms with E-state index in [9.17, 15) is 0 Å². The molecule has 58 valence electrons. The molecule has 0 amide bonds. The summed E-state index contributed by atoms with van der Waals surface area (Å²) in [5, 5.41) is 3.39. The van der Waals surface area contributed by atoms with Crippen molar-refractivity contribution in [2.75, 3.05) is 13.1 Å². The zero-order chi connectivity index (χ0) is 7.61. The summed E-state index contributed by atoms with van der Waals surface area (Å²) in [7, 11) is 0. The van der Waals surface area contributed by atoms with E-state index < -0.39 is 0 Å². The van der Waals surface area contributed by atoms with E-state index in [1.807, 2.05) is 0 Å². The molecule has 0 aromatic heterocycles. The van der Waals surface area contributed by atoms with Gasteiger partial charge in [-0.2, -0.15) is 0 Å². The van der Waals surface area contributed by atoms with Gasteiger partial charge in [0.05, 0.1) is 0 Å². The number of hydrogen-bond acceptors (Lipinski definition) is 1. The Morgan fingerprint density at radius 2 is 2.20 bits per heavy atom. The predicted molar refractivity (Wildman–Crippen MR) is 45.0 cm³/mol. The largest absolute Gasteiger partial charge is 0.312 e. The van der Waals surface area contributed by atoms with Crippen LogP contribution in [0.25, 0.3) is 0 Å².